The highest BCUT2D eigenvalue weighted by atomic mass is 16.5. The molecule has 0 spiro atoms. The van der Waals surface area contributed by atoms with E-state index in [0.717, 1.165) is 6.54 Å². The molecule has 0 atom stereocenters. The first-order valence-corrected chi connectivity index (χ1v) is 5.37. The molecule has 0 aliphatic rings. The van der Waals surface area contributed by atoms with Gasteiger partial charge in [0.05, 0.1) is 13.3 Å². The average molecular weight is 225 g/mol. The Bertz CT molecular complexity index is 337. The van der Waals surface area contributed by atoms with Gasteiger partial charge in [0.25, 0.3) is 0 Å². The molecule has 0 saturated heterocycles. The first-order valence-electron chi connectivity index (χ1n) is 5.37. The summed E-state index contributed by atoms with van der Waals surface area (Å²) in [6, 6.07) is 0. The van der Waals surface area contributed by atoms with Crippen molar-refractivity contribution in [2.45, 2.75) is 19.9 Å². The van der Waals surface area contributed by atoms with Crippen molar-refractivity contribution in [1.29, 1.82) is 0 Å². The van der Waals surface area contributed by atoms with Crippen molar-refractivity contribution in [3.05, 3.63) is 11.9 Å². The quantitative estimate of drug-likeness (QED) is 0.679. The Morgan fingerprint density at radius 1 is 1.56 bits per heavy atom. The van der Waals surface area contributed by atoms with E-state index < -0.39 is 0 Å². The molecule has 0 fully saturated rings. The van der Waals surface area contributed by atoms with Gasteiger partial charge < -0.3 is 9.64 Å². The van der Waals surface area contributed by atoms with Crippen LogP contribution < -0.4 is 4.74 Å². The summed E-state index contributed by atoms with van der Waals surface area (Å²) in [5.41, 5.74) is 0.576. The van der Waals surface area contributed by atoms with Crippen LogP contribution in [-0.4, -0.2) is 48.2 Å². The Labute approximate surface area is 96.0 Å². The first-order chi connectivity index (χ1) is 7.60. The summed E-state index contributed by atoms with van der Waals surface area (Å²) in [5, 5.41) is 4.11. The van der Waals surface area contributed by atoms with Crippen LogP contribution in [0.2, 0.25) is 0 Å². The van der Waals surface area contributed by atoms with Crippen molar-refractivity contribution < 1.29 is 9.53 Å². The van der Waals surface area contributed by atoms with Gasteiger partial charge in [-0.1, -0.05) is 0 Å². The minimum Gasteiger partial charge on any atom is -0.493 e. The number of aromatic nitrogens is 2. The van der Waals surface area contributed by atoms with E-state index in [0.29, 0.717) is 24.4 Å². The number of hydrogen-bond donors (Lipinski definition) is 0. The molecule has 0 aromatic carbocycles. The van der Waals surface area contributed by atoms with Crippen LogP contribution in [0.3, 0.4) is 0 Å². The molecule has 0 aliphatic heterocycles. The fourth-order valence-corrected chi connectivity index (χ4v) is 1.48. The molecule has 5 nitrogen and oxygen atoms in total. The second kappa shape index (κ2) is 5.65. The molecule has 90 valence electrons. The summed E-state index contributed by atoms with van der Waals surface area (Å²) in [6.07, 6.45) is 2.07. The van der Waals surface area contributed by atoms with Gasteiger partial charge in [0.1, 0.15) is 5.69 Å². The molecule has 1 heterocycles. The largest absolute Gasteiger partial charge is 0.493 e. The zero-order chi connectivity index (χ0) is 12.1. The van der Waals surface area contributed by atoms with E-state index in [4.69, 9.17) is 4.74 Å². The molecular weight excluding hydrogens is 206 g/mol. The maximum atomic E-state index is 12.0. The van der Waals surface area contributed by atoms with Crippen LogP contribution in [0.4, 0.5) is 0 Å². The van der Waals surface area contributed by atoms with E-state index in [1.54, 1.807) is 18.0 Å². The summed E-state index contributed by atoms with van der Waals surface area (Å²) in [4.78, 5) is 14.0. The molecule has 1 rings (SSSR count). The normalized spacial score (nSPS) is 10.8. The molecule has 0 saturated carbocycles. The number of ketones is 1. The number of rotatable bonds is 6. The second-order valence-electron chi connectivity index (χ2n) is 3.85. The molecule has 0 unspecified atom stereocenters. The number of ether oxygens (including phenoxy) is 1. The Morgan fingerprint density at radius 2 is 2.25 bits per heavy atom. The number of hydrogen-bond acceptors (Lipinski definition) is 4. The Hall–Kier alpha value is -1.36. The van der Waals surface area contributed by atoms with Gasteiger partial charge in [0, 0.05) is 19.5 Å². The van der Waals surface area contributed by atoms with Crippen LogP contribution in [0.1, 0.15) is 23.8 Å². The minimum atomic E-state index is 0.0740. The van der Waals surface area contributed by atoms with Gasteiger partial charge in [0.2, 0.25) is 0 Å². The number of methoxy groups -OCH3 is 1. The highest BCUT2D eigenvalue weighted by Crippen LogP contribution is 2.19. The van der Waals surface area contributed by atoms with Gasteiger partial charge >= 0.3 is 0 Å². The van der Waals surface area contributed by atoms with Crippen LogP contribution in [0.25, 0.3) is 0 Å². The lowest BCUT2D eigenvalue weighted by atomic mass is 10.2. The molecule has 0 radical (unpaired) electrons. The molecule has 1 aromatic rings. The van der Waals surface area contributed by atoms with E-state index in [1.165, 1.54) is 0 Å². The summed E-state index contributed by atoms with van der Waals surface area (Å²) < 4.78 is 6.82. The predicted molar refractivity (Wildman–Crippen MR) is 62.0 cm³/mol. The van der Waals surface area contributed by atoms with Crippen molar-refractivity contribution in [3.8, 4) is 5.75 Å². The zero-order valence-corrected chi connectivity index (χ0v) is 10.4. The lowest BCUT2D eigenvalue weighted by molar-refractivity contribution is 0.0959. The van der Waals surface area contributed by atoms with Gasteiger partial charge in [-0.3, -0.25) is 9.48 Å². The minimum absolute atomic E-state index is 0.0740. The van der Waals surface area contributed by atoms with E-state index in [-0.39, 0.29) is 5.78 Å². The van der Waals surface area contributed by atoms with Gasteiger partial charge in [-0.15, -0.1) is 0 Å². The second-order valence-corrected chi connectivity index (χ2v) is 3.85. The van der Waals surface area contributed by atoms with Crippen molar-refractivity contribution in [1.82, 2.24) is 14.7 Å². The summed E-state index contributed by atoms with van der Waals surface area (Å²) in [7, 11) is 5.45. The maximum absolute atomic E-state index is 12.0. The fraction of sp³-hybridized carbons (Fsp3) is 0.636. The third kappa shape index (κ3) is 2.82. The smallest absolute Gasteiger partial charge is 0.185 e. The van der Waals surface area contributed by atoms with E-state index >= 15 is 0 Å². The summed E-state index contributed by atoms with van der Waals surface area (Å²) in [5.74, 6) is 0.635. The van der Waals surface area contributed by atoms with Crippen molar-refractivity contribution in [3.63, 3.8) is 0 Å². The van der Waals surface area contributed by atoms with Crippen molar-refractivity contribution in [2.24, 2.45) is 0 Å². The van der Waals surface area contributed by atoms with Crippen LogP contribution >= 0.6 is 0 Å². The van der Waals surface area contributed by atoms with Crippen LogP contribution in [0.15, 0.2) is 6.20 Å². The maximum Gasteiger partial charge on any atom is 0.185 e. The number of nitrogens with zero attached hydrogens (tertiary/aromatic N) is 3. The van der Waals surface area contributed by atoms with Crippen LogP contribution in [0, 0.1) is 0 Å². The lowest BCUT2D eigenvalue weighted by Crippen LogP contribution is -2.19. The molecule has 5 heteroatoms. The van der Waals surface area contributed by atoms with E-state index in [1.807, 2.05) is 25.9 Å². The number of carbonyl (C=O) groups excluding carboxylic acids is 1. The van der Waals surface area contributed by atoms with Crippen LogP contribution in [-0.2, 0) is 6.54 Å². The van der Waals surface area contributed by atoms with Crippen molar-refractivity contribution >= 4 is 5.78 Å². The molecule has 0 aliphatic carbocycles. The standard InChI is InChI=1S/C11H19N3O2/c1-5-14-11(10(16-4)8-12-14)9(15)6-7-13(2)3/h8H,5-7H2,1-4H3. The summed E-state index contributed by atoms with van der Waals surface area (Å²) in [6.45, 7) is 3.36. The fourth-order valence-electron chi connectivity index (χ4n) is 1.48. The topological polar surface area (TPSA) is 47.4 Å². The number of carbonyl (C=O) groups is 1. The highest BCUT2D eigenvalue weighted by Gasteiger charge is 2.18. The molecule has 0 N–H and O–H groups in total. The monoisotopic (exact) mass is 225 g/mol. The predicted octanol–water partition coefficient (Wildman–Crippen LogP) is 1.05. The molecule has 1 aromatic heterocycles. The Balaban J connectivity index is 2.83. The van der Waals surface area contributed by atoms with Gasteiger partial charge in [0.15, 0.2) is 11.5 Å². The lowest BCUT2D eigenvalue weighted by Gasteiger charge is -2.10. The van der Waals surface area contributed by atoms with Gasteiger partial charge in [-0.25, -0.2) is 0 Å². The molecular formula is C11H19N3O2. The third-order valence-electron chi connectivity index (χ3n) is 2.38. The third-order valence-corrected chi connectivity index (χ3v) is 2.38. The Kier molecular flexibility index (Phi) is 4.49. The molecule has 0 amide bonds. The molecule has 16 heavy (non-hydrogen) atoms. The van der Waals surface area contributed by atoms with Gasteiger partial charge in [-0.05, 0) is 21.0 Å². The van der Waals surface area contributed by atoms with E-state index in [2.05, 4.69) is 5.10 Å². The highest BCUT2D eigenvalue weighted by molar-refractivity contribution is 5.97. The zero-order valence-electron chi connectivity index (χ0n) is 10.4. The van der Waals surface area contributed by atoms with Gasteiger partial charge in [-0.2, -0.15) is 5.10 Å². The summed E-state index contributed by atoms with van der Waals surface area (Å²) >= 11 is 0. The molecule has 0 bridgehead atoms. The first kappa shape index (κ1) is 12.7. The number of aryl methyl sites for hydroxylation is 1. The SMILES string of the molecule is CCn1ncc(OC)c1C(=O)CCN(C)C. The average Bonchev–Trinajstić information content (AvgIpc) is 2.68. The van der Waals surface area contributed by atoms with Crippen LogP contribution in [0.5, 0.6) is 5.75 Å². The Morgan fingerprint density at radius 3 is 2.75 bits per heavy atom. The van der Waals surface area contributed by atoms with E-state index in [9.17, 15) is 4.79 Å². The number of Topliss-reactive ketones (excluding diaryl/α,β-unsaturated/α-hetero) is 1. The van der Waals surface area contributed by atoms with Crippen molar-refractivity contribution in [2.75, 3.05) is 27.7 Å².